The molecule has 4 rings (SSSR count). The van der Waals surface area contributed by atoms with Gasteiger partial charge in [-0.1, -0.05) is 49.4 Å². The zero-order valence-electron chi connectivity index (χ0n) is 16.6. The highest BCUT2D eigenvalue weighted by Crippen LogP contribution is 2.25. The largest absolute Gasteiger partial charge is 0.493 e. The van der Waals surface area contributed by atoms with Crippen LogP contribution < -0.4 is 10.1 Å². The predicted molar refractivity (Wildman–Crippen MR) is 116 cm³/mol. The van der Waals surface area contributed by atoms with Crippen molar-refractivity contribution in [3.8, 4) is 17.0 Å². The van der Waals surface area contributed by atoms with Crippen molar-refractivity contribution in [2.75, 3.05) is 6.61 Å². The molecule has 2 heterocycles. The molecule has 0 spiro atoms. The molecule has 1 aromatic heterocycles. The summed E-state index contributed by atoms with van der Waals surface area (Å²) >= 11 is 0.734. The van der Waals surface area contributed by atoms with Crippen molar-refractivity contribution in [1.82, 2.24) is 10.3 Å². The quantitative estimate of drug-likeness (QED) is 0.579. The number of carbonyl (C=O) groups excluding carboxylic acids is 2. The van der Waals surface area contributed by atoms with Crippen molar-refractivity contribution >= 4 is 22.1 Å². The Labute approximate surface area is 179 Å². The van der Waals surface area contributed by atoms with E-state index in [-0.39, 0.29) is 10.4 Å². The first kappa shape index (κ1) is 20.2. The summed E-state index contributed by atoms with van der Waals surface area (Å²) in [6.45, 7) is 2.50. The molecule has 154 valence electrons. The first-order valence-electron chi connectivity index (χ1n) is 9.90. The molecule has 1 aliphatic heterocycles. The van der Waals surface area contributed by atoms with Gasteiger partial charge in [-0.3, -0.25) is 9.59 Å². The van der Waals surface area contributed by atoms with Crippen LogP contribution in [0.1, 0.15) is 24.1 Å². The van der Waals surface area contributed by atoms with Gasteiger partial charge in [-0.2, -0.15) is 0 Å². The zero-order valence-corrected chi connectivity index (χ0v) is 17.4. The number of nitrogens with one attached hydrogen (secondary N) is 1. The molecule has 0 aliphatic carbocycles. The minimum atomic E-state index is -0.453. The van der Waals surface area contributed by atoms with E-state index in [0.717, 1.165) is 46.5 Å². The van der Waals surface area contributed by atoms with Crippen molar-refractivity contribution in [1.29, 1.82) is 0 Å². The topological polar surface area (TPSA) is 81.4 Å². The van der Waals surface area contributed by atoms with E-state index in [9.17, 15) is 9.59 Å². The second kappa shape index (κ2) is 9.17. The van der Waals surface area contributed by atoms with Crippen molar-refractivity contribution in [3.63, 3.8) is 0 Å². The molecule has 6 nitrogen and oxygen atoms in total. The standard InChI is InChI=1S/C23H22N2O4S/c1-2-19-21(16-6-4-3-5-7-16)25-20(29-19)12-13-28-17-10-8-15(9-11-17)14-18-22(26)30-23(27)24-18/h3-11,18H,2,12-14H2,1H3,(H,24,27). The van der Waals surface area contributed by atoms with E-state index in [1.165, 1.54) is 0 Å². The number of carbonyl (C=O) groups is 2. The summed E-state index contributed by atoms with van der Waals surface area (Å²) in [6.07, 6.45) is 1.83. The maximum Gasteiger partial charge on any atom is 0.287 e. The molecule has 7 heteroatoms. The molecule has 3 aromatic rings. The monoisotopic (exact) mass is 422 g/mol. The predicted octanol–water partition coefficient (Wildman–Crippen LogP) is 4.42. The van der Waals surface area contributed by atoms with Crippen LogP contribution in [0.4, 0.5) is 4.79 Å². The summed E-state index contributed by atoms with van der Waals surface area (Å²) in [5.41, 5.74) is 2.91. The molecule has 1 unspecified atom stereocenters. The molecular formula is C23H22N2O4S. The van der Waals surface area contributed by atoms with Crippen LogP contribution in [0.2, 0.25) is 0 Å². The van der Waals surface area contributed by atoms with Crippen LogP contribution in [0.15, 0.2) is 59.0 Å². The summed E-state index contributed by atoms with van der Waals surface area (Å²) in [5, 5.41) is 2.26. The Morgan fingerprint density at radius 2 is 1.87 bits per heavy atom. The van der Waals surface area contributed by atoms with Gasteiger partial charge in [0.1, 0.15) is 23.2 Å². The number of hydrogen-bond acceptors (Lipinski definition) is 6. The second-order valence-corrected chi connectivity index (χ2v) is 7.93. The zero-order chi connectivity index (χ0) is 20.9. The Bertz CT molecular complexity index is 1030. The van der Waals surface area contributed by atoms with Crippen LogP contribution in [0.25, 0.3) is 11.3 Å². The van der Waals surface area contributed by atoms with Gasteiger partial charge in [-0.05, 0) is 17.7 Å². The maximum absolute atomic E-state index is 11.7. The fourth-order valence-corrected chi connectivity index (χ4v) is 3.98. The van der Waals surface area contributed by atoms with E-state index in [1.54, 1.807) is 0 Å². The summed E-state index contributed by atoms with van der Waals surface area (Å²) in [5.74, 6) is 2.28. The number of benzene rings is 2. The lowest BCUT2D eigenvalue weighted by molar-refractivity contribution is -0.112. The van der Waals surface area contributed by atoms with Gasteiger partial charge in [-0.15, -0.1) is 0 Å². The normalized spacial score (nSPS) is 16.0. The molecule has 1 atom stereocenters. The van der Waals surface area contributed by atoms with E-state index in [1.807, 2.05) is 54.6 Å². The fourth-order valence-electron chi connectivity index (χ4n) is 3.31. The lowest BCUT2D eigenvalue weighted by Gasteiger charge is -2.09. The molecule has 30 heavy (non-hydrogen) atoms. The van der Waals surface area contributed by atoms with E-state index < -0.39 is 6.04 Å². The van der Waals surface area contributed by atoms with Gasteiger partial charge in [0.05, 0.1) is 13.0 Å². The SMILES string of the molecule is CCc1oc(CCOc2ccc(CC3NC(=O)SC3=O)cc2)nc1-c1ccccc1. The van der Waals surface area contributed by atoms with Crippen molar-refractivity contribution in [2.24, 2.45) is 0 Å². The molecule has 1 saturated heterocycles. The first-order chi connectivity index (χ1) is 14.6. The number of aromatic nitrogens is 1. The van der Waals surface area contributed by atoms with Crippen LogP contribution in [-0.2, 0) is 24.1 Å². The van der Waals surface area contributed by atoms with E-state index in [4.69, 9.17) is 9.15 Å². The molecule has 0 saturated carbocycles. The van der Waals surface area contributed by atoms with Gasteiger partial charge >= 0.3 is 0 Å². The number of hydrogen-bond donors (Lipinski definition) is 1. The Kier molecular flexibility index (Phi) is 6.18. The van der Waals surface area contributed by atoms with Gasteiger partial charge in [0, 0.05) is 30.2 Å². The number of aryl methyl sites for hydroxylation is 1. The molecule has 0 radical (unpaired) electrons. The third-order valence-corrected chi connectivity index (χ3v) is 5.62. The third kappa shape index (κ3) is 4.74. The summed E-state index contributed by atoms with van der Waals surface area (Å²) in [6, 6.07) is 17.1. The number of ether oxygens (including phenoxy) is 1. The number of amides is 1. The Balaban J connectivity index is 1.32. The second-order valence-electron chi connectivity index (χ2n) is 6.95. The van der Waals surface area contributed by atoms with Gasteiger partial charge < -0.3 is 14.5 Å². The van der Waals surface area contributed by atoms with E-state index >= 15 is 0 Å². The average molecular weight is 423 g/mol. The Morgan fingerprint density at radius 3 is 2.53 bits per heavy atom. The molecule has 1 N–H and O–H groups in total. The minimum Gasteiger partial charge on any atom is -0.493 e. The number of oxazole rings is 1. The average Bonchev–Trinajstić information content (AvgIpc) is 3.32. The molecule has 1 fully saturated rings. The van der Waals surface area contributed by atoms with Crippen LogP contribution in [0, 0.1) is 0 Å². The highest BCUT2D eigenvalue weighted by atomic mass is 32.2. The van der Waals surface area contributed by atoms with Crippen molar-refractivity contribution in [3.05, 3.63) is 71.8 Å². The number of thioether (sulfide) groups is 1. The highest BCUT2D eigenvalue weighted by molar-refractivity contribution is 8.26. The van der Waals surface area contributed by atoms with Gasteiger partial charge in [0.15, 0.2) is 5.89 Å². The maximum atomic E-state index is 11.7. The summed E-state index contributed by atoms with van der Waals surface area (Å²) < 4.78 is 11.7. The number of rotatable bonds is 8. The van der Waals surface area contributed by atoms with E-state index in [0.29, 0.717) is 25.3 Å². The van der Waals surface area contributed by atoms with Crippen LogP contribution >= 0.6 is 11.8 Å². The summed E-state index contributed by atoms with van der Waals surface area (Å²) in [4.78, 5) is 27.6. The highest BCUT2D eigenvalue weighted by Gasteiger charge is 2.31. The van der Waals surface area contributed by atoms with Gasteiger partial charge in [-0.25, -0.2) is 4.98 Å². The Hall–Kier alpha value is -3.06. The molecule has 0 bridgehead atoms. The third-order valence-electron chi connectivity index (χ3n) is 4.83. The lowest BCUT2D eigenvalue weighted by Crippen LogP contribution is -2.30. The van der Waals surface area contributed by atoms with Gasteiger partial charge in [0.25, 0.3) is 5.24 Å². The first-order valence-corrected chi connectivity index (χ1v) is 10.7. The molecule has 1 aliphatic rings. The lowest BCUT2D eigenvalue weighted by atomic mass is 10.1. The van der Waals surface area contributed by atoms with E-state index in [2.05, 4.69) is 17.2 Å². The molecule has 1 amide bonds. The smallest absolute Gasteiger partial charge is 0.287 e. The van der Waals surface area contributed by atoms with Crippen LogP contribution in [0.5, 0.6) is 5.75 Å². The number of nitrogens with zero attached hydrogens (tertiary/aromatic N) is 1. The fraction of sp³-hybridized carbons (Fsp3) is 0.261. The van der Waals surface area contributed by atoms with Crippen molar-refractivity contribution in [2.45, 2.75) is 32.2 Å². The molecular weight excluding hydrogens is 400 g/mol. The van der Waals surface area contributed by atoms with Crippen LogP contribution in [-0.4, -0.2) is 28.0 Å². The van der Waals surface area contributed by atoms with Crippen LogP contribution in [0.3, 0.4) is 0 Å². The van der Waals surface area contributed by atoms with Gasteiger partial charge in [0.2, 0.25) is 5.12 Å². The Morgan fingerprint density at radius 1 is 1.10 bits per heavy atom. The minimum absolute atomic E-state index is 0.132. The molecule has 2 aromatic carbocycles. The summed E-state index contributed by atoms with van der Waals surface area (Å²) in [7, 11) is 0. The van der Waals surface area contributed by atoms with Crippen molar-refractivity contribution < 1.29 is 18.7 Å².